The Bertz CT molecular complexity index is 490. The molecule has 4 heteroatoms. The molecular formula is C16H20N2O2. The average Bonchev–Trinajstić information content (AvgIpc) is 2.53. The van der Waals surface area contributed by atoms with Gasteiger partial charge in [-0.15, -0.1) is 0 Å². The van der Waals surface area contributed by atoms with E-state index in [9.17, 15) is 4.79 Å². The second kappa shape index (κ2) is 6.95. The van der Waals surface area contributed by atoms with Crippen molar-refractivity contribution in [3.05, 3.63) is 29.8 Å². The fourth-order valence-corrected chi connectivity index (χ4v) is 2.61. The summed E-state index contributed by atoms with van der Waals surface area (Å²) in [6.45, 7) is 3.04. The molecule has 106 valence electrons. The van der Waals surface area contributed by atoms with Crippen LogP contribution in [-0.2, 0) is 4.79 Å². The van der Waals surface area contributed by atoms with Crippen molar-refractivity contribution >= 4 is 5.91 Å². The van der Waals surface area contributed by atoms with Gasteiger partial charge in [-0.05, 0) is 49.9 Å². The Kier molecular flexibility index (Phi) is 5.00. The van der Waals surface area contributed by atoms with Crippen molar-refractivity contribution < 1.29 is 9.53 Å². The van der Waals surface area contributed by atoms with Gasteiger partial charge in [0.15, 0.2) is 6.61 Å². The monoisotopic (exact) mass is 272 g/mol. The Morgan fingerprint density at radius 3 is 2.80 bits per heavy atom. The van der Waals surface area contributed by atoms with Gasteiger partial charge >= 0.3 is 0 Å². The van der Waals surface area contributed by atoms with Crippen LogP contribution in [0.2, 0.25) is 0 Å². The Morgan fingerprint density at radius 1 is 1.40 bits per heavy atom. The van der Waals surface area contributed by atoms with E-state index in [0.29, 0.717) is 17.4 Å². The van der Waals surface area contributed by atoms with Crippen LogP contribution in [0, 0.1) is 11.3 Å². The van der Waals surface area contributed by atoms with Gasteiger partial charge in [0, 0.05) is 12.6 Å². The Hall–Kier alpha value is -2.02. The highest BCUT2D eigenvalue weighted by molar-refractivity contribution is 5.78. The van der Waals surface area contributed by atoms with E-state index in [-0.39, 0.29) is 12.5 Å². The second-order valence-electron chi connectivity index (χ2n) is 5.07. The molecule has 1 aromatic carbocycles. The standard InChI is InChI=1S/C16H20N2O2/c1-2-14-5-3-4-10-18(14)16(19)12-20-15-8-6-13(11-17)7-9-15/h6-9,14H,2-5,10,12H2,1H3. The predicted octanol–water partition coefficient (Wildman–Crippen LogP) is 2.73. The van der Waals surface area contributed by atoms with Gasteiger partial charge in [-0.1, -0.05) is 6.92 Å². The maximum absolute atomic E-state index is 12.2. The highest BCUT2D eigenvalue weighted by Crippen LogP contribution is 2.20. The molecule has 0 N–H and O–H groups in total. The molecule has 20 heavy (non-hydrogen) atoms. The molecule has 1 aliphatic heterocycles. The zero-order valence-electron chi connectivity index (χ0n) is 11.8. The van der Waals surface area contributed by atoms with Crippen LogP contribution in [-0.4, -0.2) is 30.0 Å². The topological polar surface area (TPSA) is 53.3 Å². The first-order valence-corrected chi connectivity index (χ1v) is 7.17. The van der Waals surface area contributed by atoms with Crippen molar-refractivity contribution in [2.45, 2.75) is 38.6 Å². The number of nitriles is 1. The first-order chi connectivity index (χ1) is 9.74. The molecule has 1 saturated heterocycles. The molecule has 1 heterocycles. The van der Waals surface area contributed by atoms with Gasteiger partial charge in [-0.2, -0.15) is 5.26 Å². The Balaban J connectivity index is 1.89. The number of rotatable bonds is 4. The minimum Gasteiger partial charge on any atom is -0.484 e. The van der Waals surface area contributed by atoms with Gasteiger partial charge in [-0.3, -0.25) is 4.79 Å². The molecule has 0 aliphatic carbocycles. The second-order valence-corrected chi connectivity index (χ2v) is 5.07. The molecule has 0 saturated carbocycles. The van der Waals surface area contributed by atoms with Crippen LogP contribution < -0.4 is 4.74 Å². The molecule has 0 radical (unpaired) electrons. The van der Waals surface area contributed by atoms with E-state index in [1.54, 1.807) is 24.3 Å². The fourth-order valence-electron chi connectivity index (χ4n) is 2.61. The summed E-state index contributed by atoms with van der Waals surface area (Å²) in [5.41, 5.74) is 0.589. The number of likely N-dealkylation sites (tertiary alicyclic amines) is 1. The molecule has 1 amide bonds. The van der Waals surface area contributed by atoms with Crippen molar-refractivity contribution in [3.63, 3.8) is 0 Å². The first-order valence-electron chi connectivity index (χ1n) is 7.17. The number of amides is 1. The summed E-state index contributed by atoms with van der Waals surface area (Å²) in [5.74, 6) is 0.684. The quantitative estimate of drug-likeness (QED) is 0.846. The van der Waals surface area contributed by atoms with E-state index < -0.39 is 0 Å². The van der Waals surface area contributed by atoms with Crippen LogP contribution in [0.5, 0.6) is 5.75 Å². The predicted molar refractivity (Wildman–Crippen MR) is 76.3 cm³/mol. The van der Waals surface area contributed by atoms with Gasteiger partial charge in [0.2, 0.25) is 0 Å². The van der Waals surface area contributed by atoms with Gasteiger partial charge in [0.1, 0.15) is 5.75 Å². The number of benzene rings is 1. The summed E-state index contributed by atoms with van der Waals surface area (Å²) in [7, 11) is 0. The molecule has 0 spiro atoms. The SMILES string of the molecule is CCC1CCCCN1C(=O)COc1ccc(C#N)cc1. The van der Waals surface area contributed by atoms with E-state index in [1.165, 1.54) is 6.42 Å². The van der Waals surface area contributed by atoms with E-state index in [0.717, 1.165) is 25.8 Å². The summed E-state index contributed by atoms with van der Waals surface area (Å²) in [5, 5.41) is 8.72. The lowest BCUT2D eigenvalue weighted by Crippen LogP contribution is -2.45. The molecule has 1 fully saturated rings. The van der Waals surface area contributed by atoms with Crippen molar-refractivity contribution in [3.8, 4) is 11.8 Å². The summed E-state index contributed by atoms with van der Waals surface area (Å²) < 4.78 is 5.51. The lowest BCUT2D eigenvalue weighted by atomic mass is 10.00. The van der Waals surface area contributed by atoms with Gasteiger partial charge < -0.3 is 9.64 Å². The van der Waals surface area contributed by atoms with Gasteiger partial charge in [0.25, 0.3) is 5.91 Å². The minimum atomic E-state index is 0.0564. The molecule has 1 unspecified atom stereocenters. The third-order valence-corrected chi connectivity index (χ3v) is 3.76. The van der Waals surface area contributed by atoms with Crippen molar-refractivity contribution in [2.75, 3.05) is 13.2 Å². The molecule has 1 aromatic rings. The third-order valence-electron chi connectivity index (χ3n) is 3.76. The largest absolute Gasteiger partial charge is 0.484 e. The summed E-state index contributed by atoms with van der Waals surface area (Å²) in [6.07, 6.45) is 4.39. The van der Waals surface area contributed by atoms with Crippen molar-refractivity contribution in [1.29, 1.82) is 5.26 Å². The van der Waals surface area contributed by atoms with Crippen LogP contribution in [0.3, 0.4) is 0 Å². The lowest BCUT2D eigenvalue weighted by Gasteiger charge is -2.35. The Morgan fingerprint density at radius 2 is 2.15 bits per heavy atom. The molecule has 1 atom stereocenters. The number of piperidine rings is 1. The first kappa shape index (κ1) is 14.4. The van der Waals surface area contributed by atoms with E-state index in [2.05, 4.69) is 13.0 Å². The normalized spacial score (nSPS) is 18.4. The maximum atomic E-state index is 12.2. The summed E-state index contributed by atoms with van der Waals surface area (Å²) >= 11 is 0. The van der Waals surface area contributed by atoms with Crippen molar-refractivity contribution in [1.82, 2.24) is 4.90 Å². The van der Waals surface area contributed by atoms with Gasteiger partial charge in [-0.25, -0.2) is 0 Å². The fraction of sp³-hybridized carbons (Fsp3) is 0.500. The molecule has 1 aliphatic rings. The van der Waals surface area contributed by atoms with E-state index >= 15 is 0 Å². The van der Waals surface area contributed by atoms with Crippen LogP contribution in [0.25, 0.3) is 0 Å². The summed E-state index contributed by atoms with van der Waals surface area (Å²) in [6, 6.07) is 9.24. The van der Waals surface area contributed by atoms with Crippen LogP contribution in [0.4, 0.5) is 0 Å². The van der Waals surface area contributed by atoms with Crippen LogP contribution in [0.1, 0.15) is 38.2 Å². The molecule has 0 bridgehead atoms. The average molecular weight is 272 g/mol. The van der Waals surface area contributed by atoms with Gasteiger partial charge in [0.05, 0.1) is 11.6 Å². The molecule has 0 aromatic heterocycles. The van der Waals surface area contributed by atoms with Crippen LogP contribution >= 0.6 is 0 Å². The molecular weight excluding hydrogens is 252 g/mol. The number of hydrogen-bond acceptors (Lipinski definition) is 3. The molecule has 2 rings (SSSR count). The van der Waals surface area contributed by atoms with Crippen molar-refractivity contribution in [2.24, 2.45) is 0 Å². The highest BCUT2D eigenvalue weighted by Gasteiger charge is 2.25. The maximum Gasteiger partial charge on any atom is 0.260 e. The zero-order valence-corrected chi connectivity index (χ0v) is 11.8. The number of carbonyl (C=O) groups excluding carboxylic acids is 1. The minimum absolute atomic E-state index is 0.0564. The molecule has 4 nitrogen and oxygen atoms in total. The van der Waals surface area contributed by atoms with E-state index in [1.807, 2.05) is 4.90 Å². The highest BCUT2D eigenvalue weighted by atomic mass is 16.5. The summed E-state index contributed by atoms with van der Waals surface area (Å²) in [4.78, 5) is 14.2. The third kappa shape index (κ3) is 3.51. The number of hydrogen-bond donors (Lipinski definition) is 0. The number of carbonyl (C=O) groups is 1. The zero-order chi connectivity index (χ0) is 14.4. The smallest absolute Gasteiger partial charge is 0.260 e. The lowest BCUT2D eigenvalue weighted by molar-refractivity contribution is -0.137. The van der Waals surface area contributed by atoms with E-state index in [4.69, 9.17) is 10.00 Å². The Labute approximate surface area is 120 Å². The number of ether oxygens (including phenoxy) is 1. The number of nitrogens with zero attached hydrogens (tertiary/aromatic N) is 2. The van der Waals surface area contributed by atoms with Crippen LogP contribution in [0.15, 0.2) is 24.3 Å².